The summed E-state index contributed by atoms with van der Waals surface area (Å²) in [4.78, 5) is 28.1. The van der Waals surface area contributed by atoms with Crippen molar-refractivity contribution in [2.24, 2.45) is 5.41 Å². The van der Waals surface area contributed by atoms with Gasteiger partial charge in [0.2, 0.25) is 5.95 Å². The summed E-state index contributed by atoms with van der Waals surface area (Å²) in [7, 11) is 2.13. The monoisotopic (exact) mass is 493 g/mol. The number of rotatable bonds is 3. The Balaban J connectivity index is 1.35. The van der Waals surface area contributed by atoms with Gasteiger partial charge in [0.15, 0.2) is 5.65 Å². The molecule has 1 saturated carbocycles. The van der Waals surface area contributed by atoms with Crippen LogP contribution in [0.2, 0.25) is 10.0 Å². The third-order valence-corrected chi connectivity index (χ3v) is 7.25. The van der Waals surface area contributed by atoms with Gasteiger partial charge in [-0.05, 0) is 42.2 Å². The Hall–Kier alpha value is -3.36. The zero-order valence-electron chi connectivity index (χ0n) is 18.3. The first-order valence-electron chi connectivity index (χ1n) is 10.9. The highest BCUT2D eigenvalue weighted by Gasteiger charge is 2.49. The van der Waals surface area contributed by atoms with Gasteiger partial charge in [-0.25, -0.2) is 14.3 Å². The van der Waals surface area contributed by atoms with Gasteiger partial charge >= 0.3 is 5.69 Å². The van der Waals surface area contributed by atoms with Crippen molar-refractivity contribution in [2.75, 3.05) is 24.6 Å². The molecule has 3 heterocycles. The van der Waals surface area contributed by atoms with Gasteiger partial charge in [0.1, 0.15) is 5.82 Å². The lowest BCUT2D eigenvalue weighted by atomic mass is 9.82. The predicted octanol–water partition coefficient (Wildman–Crippen LogP) is 4.30. The first-order valence-corrected chi connectivity index (χ1v) is 11.7. The van der Waals surface area contributed by atoms with Crippen molar-refractivity contribution in [3.63, 3.8) is 0 Å². The molecule has 3 aromatic rings. The summed E-state index contributed by atoms with van der Waals surface area (Å²) in [5.41, 5.74) is 10.2. The van der Waals surface area contributed by atoms with Crippen molar-refractivity contribution in [1.29, 1.82) is 0 Å². The van der Waals surface area contributed by atoms with Gasteiger partial charge < -0.3 is 16.0 Å². The number of fused-ring (bicyclic) bond motifs is 3. The first kappa shape index (κ1) is 21.2. The molecule has 34 heavy (non-hydrogen) atoms. The van der Waals surface area contributed by atoms with Gasteiger partial charge in [0.25, 0.3) is 0 Å². The maximum atomic E-state index is 12.9. The Bertz CT molecular complexity index is 1500. The molecule has 1 aliphatic heterocycles. The van der Waals surface area contributed by atoms with Crippen molar-refractivity contribution in [3.05, 3.63) is 80.1 Å². The van der Waals surface area contributed by atoms with Crippen LogP contribution in [0.1, 0.15) is 19.3 Å². The lowest BCUT2D eigenvalue weighted by Crippen LogP contribution is -2.31. The van der Waals surface area contributed by atoms with E-state index in [0.29, 0.717) is 16.7 Å². The van der Waals surface area contributed by atoms with Gasteiger partial charge in [0.05, 0.1) is 21.1 Å². The summed E-state index contributed by atoms with van der Waals surface area (Å²) in [6.45, 7) is 1.08. The molecule has 3 aliphatic rings. The molecule has 2 aromatic heterocycles. The molecule has 0 bridgehead atoms. The highest BCUT2D eigenvalue weighted by Crippen LogP contribution is 2.57. The normalized spacial score (nSPS) is 18.3. The molecule has 0 amide bonds. The van der Waals surface area contributed by atoms with E-state index in [0.717, 1.165) is 18.7 Å². The quantitative estimate of drug-likeness (QED) is 0.560. The molecule has 2 aliphatic carbocycles. The van der Waals surface area contributed by atoms with Crippen LogP contribution in [0.15, 0.2) is 64.4 Å². The second-order valence-corrected chi connectivity index (χ2v) is 9.85. The van der Waals surface area contributed by atoms with Gasteiger partial charge in [0, 0.05) is 43.5 Å². The van der Waals surface area contributed by atoms with Crippen LogP contribution in [0.4, 0.5) is 11.8 Å². The molecule has 0 radical (unpaired) electrons. The lowest BCUT2D eigenvalue weighted by Gasteiger charge is -2.35. The van der Waals surface area contributed by atoms with Crippen LogP contribution in [0.25, 0.3) is 16.7 Å². The van der Waals surface area contributed by atoms with E-state index in [-0.39, 0.29) is 27.2 Å². The highest BCUT2D eigenvalue weighted by molar-refractivity contribution is 6.37. The van der Waals surface area contributed by atoms with E-state index in [1.54, 1.807) is 24.4 Å². The number of hydrogen-bond acceptors (Lipinski definition) is 7. The van der Waals surface area contributed by atoms with E-state index in [2.05, 4.69) is 50.6 Å². The van der Waals surface area contributed by atoms with Crippen molar-refractivity contribution in [1.82, 2.24) is 24.4 Å². The van der Waals surface area contributed by atoms with Gasteiger partial charge in [-0.15, -0.1) is 0 Å². The summed E-state index contributed by atoms with van der Waals surface area (Å²) in [5.74, 6) is 0.465. The van der Waals surface area contributed by atoms with Crippen molar-refractivity contribution in [3.8, 4) is 5.69 Å². The van der Waals surface area contributed by atoms with Crippen molar-refractivity contribution < 1.29 is 0 Å². The summed E-state index contributed by atoms with van der Waals surface area (Å²) in [6.07, 6.45) is 11.3. The molecule has 3 N–H and O–H groups in total. The first-order chi connectivity index (χ1) is 16.3. The standard InChI is InChI=1S/C24H21Cl2N7O/c1-32-11-13-9-14(5-6-16(13)24(12-32)7-8-24)29-22-28-10-15-20(27)33(23(34)31-21(15)30-22)19-17(25)3-2-4-18(19)26/h2-6,10-11H,7-9,12,27H2,1H3,(H,29,30,31,34). The van der Waals surface area contributed by atoms with Gasteiger partial charge in [-0.2, -0.15) is 9.97 Å². The Morgan fingerprint density at radius 1 is 1.15 bits per heavy atom. The largest absolute Gasteiger partial charge is 0.384 e. The van der Waals surface area contributed by atoms with Crippen LogP contribution >= 0.6 is 23.2 Å². The molecular formula is C24H21Cl2N7O. The number of halogens is 2. The number of nitrogen functional groups attached to an aromatic ring is 1. The third kappa shape index (κ3) is 3.36. The van der Waals surface area contributed by atoms with Crippen molar-refractivity contribution in [2.45, 2.75) is 19.3 Å². The molecule has 8 nitrogen and oxygen atoms in total. The number of aromatic nitrogens is 4. The molecule has 172 valence electrons. The SMILES string of the molecule is CN1C=C2CC(Nc3ncc4c(N)n(-c5c(Cl)cccc5Cl)c(=O)nc4n3)=CC=C2C2(CC2)C1. The number of allylic oxidation sites excluding steroid dienone is 3. The molecular weight excluding hydrogens is 473 g/mol. The Kier molecular flexibility index (Phi) is 4.72. The fourth-order valence-electron chi connectivity index (χ4n) is 4.95. The molecule has 1 aromatic carbocycles. The second-order valence-electron chi connectivity index (χ2n) is 9.04. The minimum atomic E-state index is -0.626. The average molecular weight is 494 g/mol. The summed E-state index contributed by atoms with van der Waals surface area (Å²) in [6, 6.07) is 4.95. The summed E-state index contributed by atoms with van der Waals surface area (Å²) in [5, 5.41) is 4.27. The number of para-hydroxylation sites is 1. The number of hydrogen-bond donors (Lipinski definition) is 2. The fourth-order valence-corrected chi connectivity index (χ4v) is 5.51. The molecule has 0 unspecified atom stereocenters. The molecule has 0 saturated heterocycles. The van der Waals surface area contributed by atoms with Crippen LogP contribution in [-0.2, 0) is 0 Å². The molecule has 0 atom stereocenters. The van der Waals surface area contributed by atoms with Crippen LogP contribution < -0.4 is 16.7 Å². The second kappa shape index (κ2) is 7.58. The number of nitrogens with zero attached hydrogens (tertiary/aromatic N) is 5. The minimum absolute atomic E-state index is 0.117. The number of anilines is 2. The van der Waals surface area contributed by atoms with E-state index < -0.39 is 5.69 Å². The summed E-state index contributed by atoms with van der Waals surface area (Å²) >= 11 is 12.6. The van der Waals surface area contributed by atoms with E-state index >= 15 is 0 Å². The molecule has 6 rings (SSSR count). The number of nitrogens with one attached hydrogen (secondary N) is 1. The zero-order chi connectivity index (χ0) is 23.6. The van der Waals surface area contributed by atoms with Crippen LogP contribution in [0.3, 0.4) is 0 Å². The van der Waals surface area contributed by atoms with E-state index in [4.69, 9.17) is 28.9 Å². The van der Waals surface area contributed by atoms with E-state index in [1.807, 2.05) is 0 Å². The average Bonchev–Trinajstić information content (AvgIpc) is 3.54. The smallest absolute Gasteiger partial charge is 0.355 e. The Labute approximate surface area is 205 Å². The van der Waals surface area contributed by atoms with Crippen LogP contribution in [-0.4, -0.2) is 38.0 Å². The Morgan fingerprint density at radius 2 is 1.91 bits per heavy atom. The predicted molar refractivity (Wildman–Crippen MR) is 134 cm³/mol. The fraction of sp³-hybridized carbons (Fsp3) is 0.250. The van der Waals surface area contributed by atoms with E-state index in [9.17, 15) is 4.79 Å². The van der Waals surface area contributed by atoms with Gasteiger partial charge in [-0.3, -0.25) is 0 Å². The maximum absolute atomic E-state index is 12.9. The zero-order valence-corrected chi connectivity index (χ0v) is 19.9. The van der Waals surface area contributed by atoms with Crippen molar-refractivity contribution >= 4 is 46.0 Å². The van der Waals surface area contributed by atoms with Gasteiger partial charge in [-0.1, -0.05) is 35.3 Å². The summed E-state index contributed by atoms with van der Waals surface area (Å²) < 4.78 is 1.18. The minimum Gasteiger partial charge on any atom is -0.384 e. The maximum Gasteiger partial charge on any atom is 0.355 e. The Morgan fingerprint density at radius 3 is 2.65 bits per heavy atom. The topological polar surface area (TPSA) is 102 Å². The lowest BCUT2D eigenvalue weighted by molar-refractivity contribution is 0.350. The highest BCUT2D eigenvalue weighted by atomic mass is 35.5. The van der Waals surface area contributed by atoms with Crippen LogP contribution in [0.5, 0.6) is 0 Å². The third-order valence-electron chi connectivity index (χ3n) is 6.64. The molecule has 1 spiro atoms. The number of benzene rings is 1. The van der Waals surface area contributed by atoms with Crippen LogP contribution in [0, 0.1) is 5.41 Å². The van der Waals surface area contributed by atoms with E-state index in [1.165, 1.54) is 28.6 Å². The molecule has 10 heteroatoms. The number of nitrogens with two attached hydrogens (primary N) is 1. The molecule has 1 fully saturated rings.